The molecule has 1 saturated heterocycles. The number of ether oxygens (including phenoxy) is 1. The van der Waals surface area contributed by atoms with Gasteiger partial charge in [-0.1, -0.05) is 17.9 Å². The van der Waals surface area contributed by atoms with Crippen molar-refractivity contribution in [2.24, 2.45) is 0 Å². The number of aromatic nitrogens is 2. The molecule has 0 radical (unpaired) electrons. The Bertz CT molecular complexity index is 1320. The summed E-state index contributed by atoms with van der Waals surface area (Å²) in [6.45, 7) is 0.227. The Morgan fingerprint density at radius 3 is 2.87 bits per heavy atom. The Morgan fingerprint density at radius 2 is 2.10 bits per heavy atom. The Labute approximate surface area is 178 Å². The van der Waals surface area contributed by atoms with Gasteiger partial charge < -0.3 is 19.9 Å². The van der Waals surface area contributed by atoms with Gasteiger partial charge in [0.25, 0.3) is 11.8 Å². The van der Waals surface area contributed by atoms with Crippen molar-refractivity contribution in [1.82, 2.24) is 25.5 Å². The van der Waals surface area contributed by atoms with Gasteiger partial charge >= 0.3 is 6.03 Å². The minimum absolute atomic E-state index is 0. The predicted molar refractivity (Wildman–Crippen MR) is 112 cm³/mol. The van der Waals surface area contributed by atoms with Gasteiger partial charge in [0.05, 0.1) is 31.0 Å². The highest BCUT2D eigenvalue weighted by Gasteiger charge is 2.48. The zero-order valence-electron chi connectivity index (χ0n) is 16.5. The number of hydrogen-bond donors (Lipinski definition) is 3. The first-order valence-corrected chi connectivity index (χ1v) is 9.53. The number of imide groups is 1. The van der Waals surface area contributed by atoms with Crippen LogP contribution in [0.2, 0.25) is 0 Å². The molecule has 1 fully saturated rings. The maximum atomic E-state index is 12.9. The molecule has 0 bridgehead atoms. The molecule has 5 rings (SSSR count). The molecule has 9 nitrogen and oxygen atoms in total. The molecule has 3 aromatic rings. The molecule has 3 N–H and O–H groups in total. The Balaban J connectivity index is 0.00000245. The smallest absolute Gasteiger partial charge is 0.323 e. The third kappa shape index (κ3) is 3.14. The number of urea groups is 1. The van der Waals surface area contributed by atoms with Gasteiger partial charge in [0.1, 0.15) is 5.75 Å². The van der Waals surface area contributed by atoms with E-state index in [2.05, 4.69) is 32.4 Å². The summed E-state index contributed by atoms with van der Waals surface area (Å²) in [5, 5.41) is 4.84. The molecule has 0 unspecified atom stereocenters. The van der Waals surface area contributed by atoms with Gasteiger partial charge in [0.15, 0.2) is 0 Å². The molecule has 2 aliphatic heterocycles. The molecule has 0 aliphatic carbocycles. The van der Waals surface area contributed by atoms with E-state index in [-0.39, 0.29) is 13.9 Å². The summed E-state index contributed by atoms with van der Waals surface area (Å²) in [5.74, 6) is 5.59. The van der Waals surface area contributed by atoms with Crippen molar-refractivity contribution in [2.75, 3.05) is 13.7 Å². The molecule has 1 aromatic heterocycles. The minimum Gasteiger partial charge on any atom is -0.497 e. The molecule has 2 aliphatic rings. The monoisotopic (exact) mass is 417 g/mol. The Hall–Kier alpha value is -4.32. The molecule has 3 heterocycles. The molecule has 9 heteroatoms. The van der Waals surface area contributed by atoms with Crippen LogP contribution < -0.4 is 15.4 Å². The van der Waals surface area contributed by atoms with Crippen LogP contribution in [0.15, 0.2) is 42.7 Å². The lowest BCUT2D eigenvalue weighted by molar-refractivity contribution is -0.122. The zero-order chi connectivity index (χ0) is 21.6. The van der Waals surface area contributed by atoms with Crippen LogP contribution in [0.4, 0.5) is 4.79 Å². The summed E-state index contributed by atoms with van der Waals surface area (Å²) in [7, 11) is 1.53. The van der Waals surface area contributed by atoms with Crippen LogP contribution in [-0.2, 0) is 11.3 Å². The Morgan fingerprint density at radius 1 is 1.23 bits per heavy atom. The van der Waals surface area contributed by atoms with E-state index in [0.717, 1.165) is 16.6 Å². The molecule has 4 amide bonds. The van der Waals surface area contributed by atoms with Gasteiger partial charge in [-0.15, -0.1) is 0 Å². The van der Waals surface area contributed by atoms with Crippen LogP contribution in [-0.4, -0.2) is 51.9 Å². The number of amides is 4. The van der Waals surface area contributed by atoms with Crippen molar-refractivity contribution in [1.29, 1.82) is 0 Å². The van der Waals surface area contributed by atoms with Crippen LogP contribution in [0.25, 0.3) is 11.0 Å². The third-order valence-corrected chi connectivity index (χ3v) is 5.41. The summed E-state index contributed by atoms with van der Waals surface area (Å²) in [5.41, 5.74) is 2.02. The van der Waals surface area contributed by atoms with Crippen molar-refractivity contribution >= 4 is 28.9 Å². The number of benzene rings is 2. The standard InChI is InChI=1S/C22H17N5O4.H2/c1-31-15-4-3-14-10-27(19(28)16(14)9-15)11-22(20(29)25-21(30)26-22)7-6-13-2-5-17-18(8-13)24-12-23-17;/h2-5,8-9,12H,10-11H2,1H3,(H,23,24)(H2,25,26,29,30);1H/t22-;/m1./s1. The van der Waals surface area contributed by atoms with Gasteiger partial charge in [0, 0.05) is 19.1 Å². The van der Waals surface area contributed by atoms with Gasteiger partial charge in [0.2, 0.25) is 5.54 Å². The van der Waals surface area contributed by atoms with Crippen LogP contribution in [0.3, 0.4) is 0 Å². The molecule has 0 spiro atoms. The van der Waals surface area contributed by atoms with Crippen LogP contribution in [0, 0.1) is 11.8 Å². The second kappa shape index (κ2) is 6.88. The highest BCUT2D eigenvalue weighted by Crippen LogP contribution is 2.28. The number of hydrogen-bond acceptors (Lipinski definition) is 5. The van der Waals surface area contributed by atoms with Crippen molar-refractivity contribution < 1.29 is 20.5 Å². The van der Waals surface area contributed by atoms with Crippen LogP contribution >= 0.6 is 0 Å². The van der Waals surface area contributed by atoms with Gasteiger partial charge in [-0.3, -0.25) is 14.9 Å². The van der Waals surface area contributed by atoms with Crippen molar-refractivity contribution in [2.45, 2.75) is 12.1 Å². The second-order valence-electron chi connectivity index (χ2n) is 7.38. The predicted octanol–water partition coefficient (Wildman–Crippen LogP) is 1.40. The maximum absolute atomic E-state index is 12.9. The number of fused-ring (bicyclic) bond motifs is 2. The van der Waals surface area contributed by atoms with E-state index >= 15 is 0 Å². The van der Waals surface area contributed by atoms with Gasteiger partial charge in [-0.25, -0.2) is 9.78 Å². The largest absolute Gasteiger partial charge is 0.497 e. The topological polar surface area (TPSA) is 116 Å². The summed E-state index contributed by atoms with van der Waals surface area (Å²) >= 11 is 0. The highest BCUT2D eigenvalue weighted by molar-refractivity contribution is 6.10. The first-order chi connectivity index (χ1) is 15.0. The van der Waals surface area contributed by atoms with Crippen molar-refractivity contribution in [3.63, 3.8) is 0 Å². The fourth-order valence-electron chi connectivity index (χ4n) is 3.80. The number of nitrogens with one attached hydrogen (secondary N) is 3. The average Bonchev–Trinajstić information content (AvgIpc) is 3.43. The first-order valence-electron chi connectivity index (χ1n) is 9.53. The summed E-state index contributed by atoms with van der Waals surface area (Å²) < 4.78 is 5.20. The molecule has 1 atom stereocenters. The normalized spacial score (nSPS) is 19.6. The number of nitrogens with zero attached hydrogens (tertiary/aromatic N) is 2. The number of aromatic amines is 1. The number of H-pyrrole nitrogens is 1. The van der Waals surface area contributed by atoms with Crippen molar-refractivity contribution in [3.05, 3.63) is 59.4 Å². The summed E-state index contributed by atoms with van der Waals surface area (Å²) in [6, 6.07) is 10.0. The average molecular weight is 417 g/mol. The lowest BCUT2D eigenvalue weighted by Gasteiger charge is -2.26. The first kappa shape index (κ1) is 18.7. The number of carbonyl (C=O) groups excluding carboxylic acids is 3. The quantitative estimate of drug-likeness (QED) is 0.440. The second-order valence-corrected chi connectivity index (χ2v) is 7.38. The fraction of sp³-hybridized carbons (Fsp3) is 0.182. The molecular weight excluding hydrogens is 398 g/mol. The SMILES string of the molecule is COc1ccc2c(c1)C(=O)N(C[C@@]1(C#Cc3ccc4nc[nH]c4c3)NC(=O)NC1=O)C2.[HH]. The molecule has 156 valence electrons. The van der Waals surface area contributed by atoms with Crippen molar-refractivity contribution in [3.8, 4) is 17.6 Å². The van der Waals surface area contributed by atoms with Crippen LogP contribution in [0.5, 0.6) is 5.75 Å². The van der Waals surface area contributed by atoms with E-state index in [0.29, 0.717) is 23.4 Å². The summed E-state index contributed by atoms with van der Waals surface area (Å²) in [4.78, 5) is 46.2. The van der Waals surface area contributed by atoms with E-state index in [4.69, 9.17) is 4.74 Å². The molecule has 2 aromatic carbocycles. The lowest BCUT2D eigenvalue weighted by Crippen LogP contribution is -2.54. The van der Waals surface area contributed by atoms with E-state index in [1.54, 1.807) is 30.6 Å². The number of rotatable bonds is 3. The van der Waals surface area contributed by atoms with E-state index in [9.17, 15) is 14.4 Å². The van der Waals surface area contributed by atoms with Gasteiger partial charge in [-0.05, 0) is 35.9 Å². The minimum atomic E-state index is -1.55. The number of imidazole rings is 1. The van der Waals surface area contributed by atoms with E-state index in [1.807, 2.05) is 12.1 Å². The number of carbonyl (C=O) groups is 3. The maximum Gasteiger partial charge on any atom is 0.323 e. The van der Waals surface area contributed by atoms with Crippen LogP contribution in [0.1, 0.15) is 22.9 Å². The molecule has 0 saturated carbocycles. The number of methoxy groups -OCH3 is 1. The fourth-order valence-corrected chi connectivity index (χ4v) is 3.80. The zero-order valence-corrected chi connectivity index (χ0v) is 16.5. The van der Waals surface area contributed by atoms with E-state index in [1.165, 1.54) is 12.0 Å². The highest BCUT2D eigenvalue weighted by atomic mass is 16.5. The van der Waals surface area contributed by atoms with E-state index < -0.39 is 17.5 Å². The van der Waals surface area contributed by atoms with Gasteiger partial charge in [-0.2, -0.15) is 0 Å². The lowest BCUT2D eigenvalue weighted by atomic mass is 9.99. The summed E-state index contributed by atoms with van der Waals surface area (Å²) in [6.07, 6.45) is 1.58. The Kier molecular flexibility index (Phi) is 4.15. The third-order valence-electron chi connectivity index (χ3n) is 5.41. The molecular formula is C22H19N5O4. The molecule has 31 heavy (non-hydrogen) atoms.